The lowest BCUT2D eigenvalue weighted by atomic mass is 9.99. The molecule has 5 heteroatoms. The Morgan fingerprint density at radius 1 is 1.30 bits per heavy atom. The summed E-state index contributed by atoms with van der Waals surface area (Å²) in [6, 6.07) is 6.12. The molecular weight excluding hydrogens is 286 g/mol. The van der Waals surface area contributed by atoms with Crippen molar-refractivity contribution in [2.45, 2.75) is 19.4 Å². The molecule has 0 spiro atoms. The number of aromatic nitrogens is 3. The van der Waals surface area contributed by atoms with Crippen molar-refractivity contribution in [2.24, 2.45) is 0 Å². The monoisotopic (exact) mass is 307 g/mol. The summed E-state index contributed by atoms with van der Waals surface area (Å²) in [5.74, 6) is 0.643. The van der Waals surface area contributed by atoms with Gasteiger partial charge in [-0.05, 0) is 30.2 Å². The van der Waals surface area contributed by atoms with Crippen LogP contribution in [-0.2, 0) is 0 Å². The number of nitrogens with zero attached hydrogens (tertiary/aromatic N) is 5. The van der Waals surface area contributed by atoms with Gasteiger partial charge in [0.25, 0.3) is 0 Å². The van der Waals surface area contributed by atoms with E-state index >= 15 is 0 Å². The van der Waals surface area contributed by atoms with Gasteiger partial charge in [-0.3, -0.25) is 4.98 Å². The van der Waals surface area contributed by atoms with E-state index in [0.29, 0.717) is 5.82 Å². The van der Waals surface area contributed by atoms with E-state index in [1.54, 1.807) is 18.5 Å². The summed E-state index contributed by atoms with van der Waals surface area (Å²) in [6.45, 7) is 6.91. The zero-order valence-corrected chi connectivity index (χ0v) is 13.6. The van der Waals surface area contributed by atoms with Crippen LogP contribution in [0.25, 0.3) is 11.6 Å². The Balaban J connectivity index is 2.05. The number of hydrogen-bond donors (Lipinski definition) is 0. The second kappa shape index (κ2) is 6.71. The van der Waals surface area contributed by atoms with Gasteiger partial charge in [-0.25, -0.2) is 15.0 Å². The van der Waals surface area contributed by atoms with E-state index in [1.807, 2.05) is 18.3 Å². The first-order chi connectivity index (χ1) is 11.2. The molecule has 3 heterocycles. The summed E-state index contributed by atoms with van der Waals surface area (Å²) in [4.78, 5) is 13.1. The molecule has 2 aromatic rings. The number of likely N-dealkylation sites (N-methyl/N-ethyl adjacent to an activating group) is 1. The molecule has 0 saturated heterocycles. The summed E-state index contributed by atoms with van der Waals surface area (Å²) in [7, 11) is 2.10. The van der Waals surface area contributed by atoms with Gasteiger partial charge in [0.15, 0.2) is 5.82 Å². The zero-order chi connectivity index (χ0) is 16.2. The van der Waals surface area contributed by atoms with Gasteiger partial charge in [-0.2, -0.15) is 0 Å². The Bertz CT molecular complexity index is 710. The fourth-order valence-electron chi connectivity index (χ4n) is 2.90. The van der Waals surface area contributed by atoms with Crippen molar-refractivity contribution >= 4 is 11.6 Å². The highest BCUT2D eigenvalue weighted by atomic mass is 15.6. The lowest BCUT2D eigenvalue weighted by molar-refractivity contribution is 0.0473. The fourth-order valence-corrected chi connectivity index (χ4v) is 2.90. The van der Waals surface area contributed by atoms with Gasteiger partial charge in [0.1, 0.15) is 0 Å². The van der Waals surface area contributed by atoms with Crippen LogP contribution >= 0.6 is 0 Å². The van der Waals surface area contributed by atoms with Crippen LogP contribution in [0.2, 0.25) is 0 Å². The van der Waals surface area contributed by atoms with E-state index in [-0.39, 0.29) is 6.04 Å². The fraction of sp³-hybridized carbons (Fsp3) is 0.278. The Kier molecular flexibility index (Phi) is 4.48. The van der Waals surface area contributed by atoms with Crippen molar-refractivity contribution in [1.82, 2.24) is 25.0 Å². The van der Waals surface area contributed by atoms with Crippen molar-refractivity contribution in [3.63, 3.8) is 0 Å². The molecule has 1 atom stereocenters. The molecule has 1 aliphatic rings. The van der Waals surface area contributed by atoms with E-state index in [4.69, 9.17) is 0 Å². The summed E-state index contributed by atoms with van der Waals surface area (Å²) in [5, 5.41) is 4.48. The number of rotatable bonds is 5. The van der Waals surface area contributed by atoms with Gasteiger partial charge in [-0.15, -0.1) is 0 Å². The second-order valence-electron chi connectivity index (χ2n) is 5.51. The van der Waals surface area contributed by atoms with E-state index < -0.39 is 0 Å². The van der Waals surface area contributed by atoms with Crippen molar-refractivity contribution in [3.8, 4) is 0 Å². The third-order valence-corrected chi connectivity index (χ3v) is 3.97. The van der Waals surface area contributed by atoms with Gasteiger partial charge in [-0.1, -0.05) is 19.6 Å². The molecule has 2 aromatic heterocycles. The van der Waals surface area contributed by atoms with Gasteiger partial charge in [0.2, 0.25) is 0 Å². The maximum atomic E-state index is 4.61. The Morgan fingerprint density at radius 3 is 2.87 bits per heavy atom. The first kappa shape index (κ1) is 15.4. The van der Waals surface area contributed by atoms with Crippen LogP contribution in [0.5, 0.6) is 0 Å². The quantitative estimate of drug-likeness (QED) is 0.849. The van der Waals surface area contributed by atoms with Crippen LogP contribution in [0.15, 0.2) is 49.6 Å². The summed E-state index contributed by atoms with van der Waals surface area (Å²) >= 11 is 0. The normalized spacial score (nSPS) is 18.1. The highest BCUT2D eigenvalue weighted by Gasteiger charge is 2.32. The smallest absolute Gasteiger partial charge is 0.151 e. The second-order valence-corrected chi connectivity index (χ2v) is 5.51. The molecular formula is C18H21N5. The van der Waals surface area contributed by atoms with Crippen molar-refractivity contribution in [3.05, 3.63) is 66.7 Å². The summed E-state index contributed by atoms with van der Waals surface area (Å²) in [6.07, 6.45) is 10.4. The van der Waals surface area contributed by atoms with Crippen molar-refractivity contribution in [1.29, 1.82) is 0 Å². The Hall–Kier alpha value is -2.53. The minimum atomic E-state index is 0.0998. The summed E-state index contributed by atoms with van der Waals surface area (Å²) in [5.41, 5.74) is 3.23. The molecule has 0 saturated carbocycles. The maximum absolute atomic E-state index is 4.61. The van der Waals surface area contributed by atoms with E-state index in [0.717, 1.165) is 29.8 Å². The highest BCUT2D eigenvalue weighted by Crippen LogP contribution is 2.39. The minimum Gasteiger partial charge on any atom is -0.312 e. The molecule has 1 unspecified atom stereocenters. The van der Waals surface area contributed by atoms with Crippen LogP contribution in [-0.4, -0.2) is 38.6 Å². The van der Waals surface area contributed by atoms with E-state index in [1.165, 1.54) is 0 Å². The molecule has 0 amide bonds. The van der Waals surface area contributed by atoms with E-state index in [9.17, 15) is 0 Å². The largest absolute Gasteiger partial charge is 0.312 e. The van der Waals surface area contributed by atoms with Gasteiger partial charge in [0.05, 0.1) is 11.7 Å². The predicted octanol–water partition coefficient (Wildman–Crippen LogP) is 3.17. The van der Waals surface area contributed by atoms with Gasteiger partial charge in [0, 0.05) is 44.0 Å². The Labute approximate surface area is 137 Å². The van der Waals surface area contributed by atoms with Gasteiger partial charge >= 0.3 is 0 Å². The maximum Gasteiger partial charge on any atom is 0.151 e. The Morgan fingerprint density at radius 2 is 2.17 bits per heavy atom. The van der Waals surface area contributed by atoms with Crippen LogP contribution in [0.3, 0.4) is 0 Å². The van der Waals surface area contributed by atoms with Gasteiger partial charge < -0.3 is 5.01 Å². The molecule has 0 bridgehead atoms. The number of hydrazine groups is 1. The highest BCUT2D eigenvalue weighted by molar-refractivity contribution is 5.70. The minimum absolute atomic E-state index is 0.0998. The first-order valence-corrected chi connectivity index (χ1v) is 7.81. The molecule has 3 rings (SSSR count). The molecule has 0 fully saturated rings. The van der Waals surface area contributed by atoms with Crippen LogP contribution in [0.1, 0.15) is 36.5 Å². The molecule has 118 valence electrons. The van der Waals surface area contributed by atoms with Crippen LogP contribution < -0.4 is 0 Å². The van der Waals surface area contributed by atoms with Crippen molar-refractivity contribution in [2.75, 3.05) is 13.6 Å². The summed E-state index contributed by atoms with van der Waals surface area (Å²) < 4.78 is 0. The average molecular weight is 307 g/mol. The lowest BCUT2D eigenvalue weighted by Crippen LogP contribution is -2.34. The molecule has 0 aromatic carbocycles. The van der Waals surface area contributed by atoms with Crippen molar-refractivity contribution < 1.29 is 0 Å². The lowest BCUT2D eigenvalue weighted by Gasteiger charge is -2.30. The third-order valence-electron chi connectivity index (χ3n) is 3.97. The molecule has 0 aliphatic carbocycles. The van der Waals surface area contributed by atoms with E-state index in [2.05, 4.69) is 57.8 Å². The van der Waals surface area contributed by atoms with Crippen LogP contribution in [0.4, 0.5) is 0 Å². The zero-order valence-electron chi connectivity index (χ0n) is 13.6. The predicted molar refractivity (Wildman–Crippen MR) is 91.8 cm³/mol. The first-order valence-electron chi connectivity index (χ1n) is 7.81. The third kappa shape index (κ3) is 3.00. The molecule has 1 aliphatic heterocycles. The molecule has 0 radical (unpaired) electrons. The topological polar surface area (TPSA) is 45.2 Å². The molecule has 5 nitrogen and oxygen atoms in total. The number of hydrogen-bond acceptors (Lipinski definition) is 5. The standard InChI is InChI=1S/C18H21N5/c1-4-11-23-13-15(16-8-10-20-17(5-2)21-16)18(22(23)3)14-7-6-9-19-12-14/h5-10,12-13,18H,2,4,11H2,1,3H3. The average Bonchev–Trinajstić information content (AvgIpc) is 2.93. The molecule has 23 heavy (non-hydrogen) atoms. The van der Waals surface area contributed by atoms with Crippen LogP contribution in [0, 0.1) is 0 Å². The number of pyridine rings is 1. The molecule has 0 N–H and O–H groups in total. The SMILES string of the molecule is C=Cc1nccc(C2=CN(CCC)N(C)C2c2cccnc2)n1.